The number of amides is 2. The molecule has 1 aliphatic heterocycles. The van der Waals surface area contributed by atoms with Crippen molar-refractivity contribution in [2.24, 2.45) is 0 Å². The largest absolute Gasteiger partial charge is 0.479 e. The Hall–Kier alpha value is -1.26. The second-order valence-electron chi connectivity index (χ2n) is 5.95. The van der Waals surface area contributed by atoms with Gasteiger partial charge in [-0.25, -0.2) is 9.59 Å². The second kappa shape index (κ2) is 8.90. The summed E-state index contributed by atoms with van der Waals surface area (Å²) in [5.74, 6) is -0.878. The standard InChI is InChI=1S/C16H30N2O3/c1-3-5-6-7-8-9-12-17-15(21)18-13-10-11-16(18,4-2)14(19)20/h3-13H2,1-2H3,(H,17,21)(H,19,20). The minimum absolute atomic E-state index is 0.217. The molecule has 2 amide bonds. The fourth-order valence-corrected chi connectivity index (χ4v) is 3.11. The van der Waals surface area contributed by atoms with Crippen molar-refractivity contribution in [1.29, 1.82) is 0 Å². The number of nitrogens with one attached hydrogen (secondary N) is 1. The number of rotatable bonds is 9. The maximum Gasteiger partial charge on any atom is 0.329 e. The van der Waals surface area contributed by atoms with Gasteiger partial charge in [-0.15, -0.1) is 0 Å². The van der Waals surface area contributed by atoms with Gasteiger partial charge >= 0.3 is 12.0 Å². The first-order chi connectivity index (χ1) is 10.1. The van der Waals surface area contributed by atoms with Gasteiger partial charge in [0.15, 0.2) is 0 Å². The molecule has 1 aliphatic rings. The monoisotopic (exact) mass is 298 g/mol. The molecule has 0 aliphatic carbocycles. The lowest BCUT2D eigenvalue weighted by Gasteiger charge is -2.33. The van der Waals surface area contributed by atoms with E-state index < -0.39 is 11.5 Å². The topological polar surface area (TPSA) is 69.6 Å². The lowest BCUT2D eigenvalue weighted by atomic mass is 9.93. The highest BCUT2D eigenvalue weighted by atomic mass is 16.4. The molecule has 1 unspecified atom stereocenters. The van der Waals surface area contributed by atoms with E-state index in [-0.39, 0.29) is 6.03 Å². The van der Waals surface area contributed by atoms with Gasteiger partial charge in [0.25, 0.3) is 0 Å². The highest BCUT2D eigenvalue weighted by molar-refractivity contribution is 5.87. The molecule has 0 aromatic heterocycles. The highest BCUT2D eigenvalue weighted by Gasteiger charge is 2.48. The van der Waals surface area contributed by atoms with Crippen LogP contribution in [0.4, 0.5) is 4.79 Å². The maximum absolute atomic E-state index is 12.2. The number of hydrogen-bond donors (Lipinski definition) is 2. The molecule has 1 atom stereocenters. The molecular weight excluding hydrogens is 268 g/mol. The molecule has 5 heteroatoms. The average Bonchev–Trinajstić information content (AvgIpc) is 2.91. The third-order valence-electron chi connectivity index (χ3n) is 4.52. The molecule has 0 aromatic rings. The van der Waals surface area contributed by atoms with Crippen LogP contribution in [0, 0.1) is 0 Å². The van der Waals surface area contributed by atoms with Crippen molar-refractivity contribution in [3.8, 4) is 0 Å². The van der Waals surface area contributed by atoms with Crippen molar-refractivity contribution in [1.82, 2.24) is 10.2 Å². The molecule has 0 spiro atoms. The summed E-state index contributed by atoms with van der Waals surface area (Å²) in [6.45, 7) is 5.22. The zero-order chi connectivity index (χ0) is 15.7. The van der Waals surface area contributed by atoms with Crippen molar-refractivity contribution in [3.63, 3.8) is 0 Å². The Morgan fingerprint density at radius 3 is 2.43 bits per heavy atom. The van der Waals surface area contributed by atoms with Gasteiger partial charge < -0.3 is 15.3 Å². The fourth-order valence-electron chi connectivity index (χ4n) is 3.11. The van der Waals surface area contributed by atoms with Crippen molar-refractivity contribution in [3.05, 3.63) is 0 Å². The van der Waals surface area contributed by atoms with Crippen LogP contribution in [0.25, 0.3) is 0 Å². The molecule has 0 aromatic carbocycles. The van der Waals surface area contributed by atoms with Crippen LogP contribution >= 0.6 is 0 Å². The van der Waals surface area contributed by atoms with E-state index in [2.05, 4.69) is 12.2 Å². The first-order valence-electron chi connectivity index (χ1n) is 8.37. The van der Waals surface area contributed by atoms with Crippen molar-refractivity contribution in [2.45, 2.75) is 77.2 Å². The van der Waals surface area contributed by atoms with E-state index in [0.29, 0.717) is 25.9 Å². The summed E-state index contributed by atoms with van der Waals surface area (Å²) in [5.41, 5.74) is -0.995. The molecule has 5 nitrogen and oxygen atoms in total. The molecule has 0 bridgehead atoms. The Kier molecular flexibility index (Phi) is 7.54. The Morgan fingerprint density at radius 2 is 1.81 bits per heavy atom. The molecule has 21 heavy (non-hydrogen) atoms. The average molecular weight is 298 g/mol. The van der Waals surface area contributed by atoms with Crippen LogP contribution in [0.15, 0.2) is 0 Å². The van der Waals surface area contributed by atoms with E-state index >= 15 is 0 Å². The van der Waals surface area contributed by atoms with Crippen molar-refractivity contribution >= 4 is 12.0 Å². The van der Waals surface area contributed by atoms with E-state index in [1.165, 1.54) is 30.6 Å². The Morgan fingerprint density at radius 1 is 1.14 bits per heavy atom. The minimum Gasteiger partial charge on any atom is -0.479 e. The molecule has 2 N–H and O–H groups in total. The van der Waals surface area contributed by atoms with Gasteiger partial charge in [-0.1, -0.05) is 46.0 Å². The molecule has 1 rings (SSSR count). The van der Waals surface area contributed by atoms with Gasteiger partial charge in [0.1, 0.15) is 5.54 Å². The Balaban J connectivity index is 2.33. The van der Waals surface area contributed by atoms with Crippen LogP contribution in [-0.2, 0) is 4.79 Å². The summed E-state index contributed by atoms with van der Waals surface area (Å²) in [7, 11) is 0. The second-order valence-corrected chi connectivity index (χ2v) is 5.95. The number of carboxylic acid groups (broad SMARTS) is 1. The number of urea groups is 1. The van der Waals surface area contributed by atoms with E-state index in [0.717, 1.165) is 19.3 Å². The first kappa shape index (κ1) is 17.8. The van der Waals surface area contributed by atoms with Crippen LogP contribution in [-0.4, -0.2) is 40.6 Å². The number of carbonyl (C=O) groups is 2. The summed E-state index contributed by atoms with van der Waals surface area (Å²) in [4.78, 5) is 25.3. The molecule has 122 valence electrons. The van der Waals surface area contributed by atoms with Crippen LogP contribution in [0.3, 0.4) is 0 Å². The van der Waals surface area contributed by atoms with Crippen LogP contribution in [0.5, 0.6) is 0 Å². The van der Waals surface area contributed by atoms with Gasteiger partial charge in [0.05, 0.1) is 0 Å². The third kappa shape index (κ3) is 4.61. The number of likely N-dealkylation sites (tertiary alicyclic amines) is 1. The first-order valence-corrected chi connectivity index (χ1v) is 8.37. The molecule has 1 saturated heterocycles. The van der Waals surface area contributed by atoms with Crippen LogP contribution in [0.1, 0.15) is 71.6 Å². The van der Waals surface area contributed by atoms with Crippen molar-refractivity contribution < 1.29 is 14.7 Å². The fraction of sp³-hybridized carbons (Fsp3) is 0.875. The number of unbranched alkanes of at least 4 members (excludes halogenated alkanes) is 5. The summed E-state index contributed by atoms with van der Waals surface area (Å²) in [6.07, 6.45) is 8.86. The quantitative estimate of drug-likeness (QED) is 0.641. The zero-order valence-corrected chi connectivity index (χ0v) is 13.5. The number of aliphatic carboxylic acids is 1. The zero-order valence-electron chi connectivity index (χ0n) is 13.5. The van der Waals surface area contributed by atoms with Gasteiger partial charge in [0, 0.05) is 13.1 Å². The molecular formula is C16H30N2O3. The van der Waals surface area contributed by atoms with Crippen molar-refractivity contribution in [2.75, 3.05) is 13.1 Å². The SMILES string of the molecule is CCCCCCCCNC(=O)N1CCCC1(CC)C(=O)O. The Bertz CT molecular complexity index is 346. The number of nitrogens with zero attached hydrogens (tertiary/aromatic N) is 1. The maximum atomic E-state index is 12.2. The van der Waals surface area contributed by atoms with Gasteiger partial charge in [-0.2, -0.15) is 0 Å². The van der Waals surface area contributed by atoms with Crippen LogP contribution in [0.2, 0.25) is 0 Å². The third-order valence-corrected chi connectivity index (χ3v) is 4.52. The van der Waals surface area contributed by atoms with Gasteiger partial charge in [-0.3, -0.25) is 0 Å². The van der Waals surface area contributed by atoms with Gasteiger partial charge in [0.2, 0.25) is 0 Å². The van der Waals surface area contributed by atoms with E-state index in [1.54, 1.807) is 0 Å². The molecule has 1 heterocycles. The highest BCUT2D eigenvalue weighted by Crippen LogP contribution is 2.32. The van der Waals surface area contributed by atoms with E-state index in [9.17, 15) is 14.7 Å². The normalized spacial score (nSPS) is 21.5. The predicted octanol–water partition coefficient (Wildman–Crippen LogP) is 3.39. The molecule has 0 saturated carbocycles. The molecule has 1 fully saturated rings. The lowest BCUT2D eigenvalue weighted by molar-refractivity contribution is -0.148. The van der Waals surface area contributed by atoms with E-state index in [4.69, 9.17) is 0 Å². The Labute approximate surface area is 128 Å². The summed E-state index contributed by atoms with van der Waals surface area (Å²) >= 11 is 0. The van der Waals surface area contributed by atoms with E-state index in [1.807, 2.05) is 6.92 Å². The summed E-state index contributed by atoms with van der Waals surface area (Å²) in [5, 5.41) is 12.3. The number of carbonyl (C=O) groups excluding carboxylic acids is 1. The minimum atomic E-state index is -0.995. The number of carboxylic acids is 1. The predicted molar refractivity (Wildman–Crippen MR) is 83.4 cm³/mol. The smallest absolute Gasteiger partial charge is 0.329 e. The molecule has 0 radical (unpaired) electrons. The van der Waals surface area contributed by atoms with Crippen LogP contribution < -0.4 is 5.32 Å². The number of hydrogen-bond acceptors (Lipinski definition) is 2. The lowest BCUT2D eigenvalue weighted by Crippen LogP contribution is -2.55. The van der Waals surface area contributed by atoms with Gasteiger partial charge in [-0.05, 0) is 25.7 Å². The summed E-state index contributed by atoms with van der Waals surface area (Å²) < 4.78 is 0. The summed E-state index contributed by atoms with van der Waals surface area (Å²) in [6, 6.07) is -0.217.